The normalized spacial score (nSPS) is 17.1. The number of carbonyl (C=O) groups excluding carboxylic acids is 1. The summed E-state index contributed by atoms with van der Waals surface area (Å²) in [7, 11) is 0. The molecule has 7 nitrogen and oxygen atoms in total. The molecule has 1 saturated heterocycles. The molecule has 31 heavy (non-hydrogen) atoms. The number of aryl methyl sites for hydroxylation is 1. The molecule has 1 aliphatic heterocycles. The molecular formula is C22H24F2N6O. The van der Waals surface area contributed by atoms with Gasteiger partial charge in [0.25, 0.3) is 0 Å². The summed E-state index contributed by atoms with van der Waals surface area (Å²) in [6.07, 6.45) is 2.56. The van der Waals surface area contributed by atoms with Crippen LogP contribution in [0.1, 0.15) is 37.7 Å². The lowest BCUT2D eigenvalue weighted by Crippen LogP contribution is -2.35. The van der Waals surface area contributed by atoms with Crippen LogP contribution in [0, 0.1) is 18.6 Å². The first kappa shape index (κ1) is 20.9. The highest BCUT2D eigenvalue weighted by Crippen LogP contribution is 2.29. The van der Waals surface area contributed by atoms with Crippen molar-refractivity contribution in [1.82, 2.24) is 20.3 Å². The Bertz CT molecular complexity index is 1140. The van der Waals surface area contributed by atoms with E-state index in [1.807, 2.05) is 13.0 Å². The molecule has 0 radical (unpaired) electrons. The minimum Gasteiger partial charge on any atom is -0.363 e. The molecule has 0 saturated carbocycles. The van der Waals surface area contributed by atoms with Crippen LogP contribution in [-0.4, -0.2) is 40.0 Å². The number of hydrogen-bond acceptors (Lipinski definition) is 6. The van der Waals surface area contributed by atoms with Crippen LogP contribution >= 0.6 is 0 Å². The summed E-state index contributed by atoms with van der Waals surface area (Å²) in [6.45, 7) is 6.63. The number of carbonyl (C=O) groups is 1. The zero-order valence-corrected chi connectivity index (χ0v) is 17.6. The van der Waals surface area contributed by atoms with Crippen molar-refractivity contribution in [2.24, 2.45) is 0 Å². The number of aromatic nitrogens is 3. The van der Waals surface area contributed by atoms with Crippen LogP contribution in [0.15, 0.2) is 30.5 Å². The second-order valence-electron chi connectivity index (χ2n) is 7.85. The summed E-state index contributed by atoms with van der Waals surface area (Å²) in [5, 5.41) is 7.03. The van der Waals surface area contributed by atoms with Gasteiger partial charge in [0.15, 0.2) is 11.6 Å². The highest BCUT2D eigenvalue weighted by molar-refractivity contribution is 5.90. The average Bonchev–Trinajstić information content (AvgIpc) is 3.17. The van der Waals surface area contributed by atoms with E-state index < -0.39 is 11.6 Å². The maximum absolute atomic E-state index is 13.7. The topological polar surface area (TPSA) is 83.0 Å². The standard InChI is InChI=1S/C22H24F2N6O/c1-12(15-4-5-18(23)19(24)8-15)26-22-17-9-21(25-10-20(17)27-13(2)28-22)30-7-6-16(11-30)29-14(3)31/h4-5,8-10,12,16H,6-7,11H2,1-3H3,(H,29,31)(H,26,27,28)/t12?,16-/m1/s1. The lowest BCUT2D eigenvalue weighted by Gasteiger charge is -2.20. The van der Waals surface area contributed by atoms with E-state index >= 15 is 0 Å². The Morgan fingerprint density at radius 1 is 1.23 bits per heavy atom. The third-order valence-corrected chi connectivity index (χ3v) is 5.40. The van der Waals surface area contributed by atoms with E-state index in [0.29, 0.717) is 29.3 Å². The average molecular weight is 426 g/mol. The fraction of sp³-hybridized carbons (Fsp3) is 0.364. The number of halogens is 2. The molecule has 162 valence electrons. The molecule has 3 aromatic rings. The summed E-state index contributed by atoms with van der Waals surface area (Å²) in [5.74, 6) is 0.147. The van der Waals surface area contributed by atoms with Crippen LogP contribution in [-0.2, 0) is 4.79 Å². The number of pyridine rings is 1. The number of amides is 1. The van der Waals surface area contributed by atoms with Crippen molar-refractivity contribution in [3.63, 3.8) is 0 Å². The zero-order chi connectivity index (χ0) is 22.1. The molecule has 0 bridgehead atoms. The largest absolute Gasteiger partial charge is 0.363 e. The number of nitrogens with zero attached hydrogens (tertiary/aromatic N) is 4. The van der Waals surface area contributed by atoms with Gasteiger partial charge in [-0.1, -0.05) is 6.07 Å². The van der Waals surface area contributed by atoms with Crippen molar-refractivity contribution in [3.05, 3.63) is 53.5 Å². The third-order valence-electron chi connectivity index (χ3n) is 5.40. The van der Waals surface area contributed by atoms with Crippen molar-refractivity contribution < 1.29 is 13.6 Å². The van der Waals surface area contributed by atoms with E-state index in [-0.39, 0.29) is 18.0 Å². The molecule has 2 aromatic heterocycles. The van der Waals surface area contributed by atoms with Gasteiger partial charge in [-0.2, -0.15) is 0 Å². The van der Waals surface area contributed by atoms with Gasteiger partial charge in [0.1, 0.15) is 17.5 Å². The predicted octanol–water partition coefficient (Wildman–Crippen LogP) is 3.50. The quantitative estimate of drug-likeness (QED) is 0.650. The second-order valence-corrected chi connectivity index (χ2v) is 7.85. The van der Waals surface area contributed by atoms with Gasteiger partial charge in [0.05, 0.1) is 17.8 Å². The fourth-order valence-corrected chi connectivity index (χ4v) is 3.86. The molecular weight excluding hydrogens is 402 g/mol. The minimum absolute atomic E-state index is 0.0418. The third kappa shape index (κ3) is 4.55. The molecule has 1 aromatic carbocycles. The van der Waals surface area contributed by atoms with E-state index in [0.717, 1.165) is 30.2 Å². The Balaban J connectivity index is 1.63. The number of hydrogen-bond donors (Lipinski definition) is 2. The van der Waals surface area contributed by atoms with Crippen molar-refractivity contribution in [1.29, 1.82) is 0 Å². The number of anilines is 2. The van der Waals surface area contributed by atoms with Crippen LogP contribution in [0.3, 0.4) is 0 Å². The summed E-state index contributed by atoms with van der Waals surface area (Å²) in [4.78, 5) is 27.0. The number of benzene rings is 1. The molecule has 9 heteroatoms. The molecule has 1 fully saturated rings. The van der Waals surface area contributed by atoms with Gasteiger partial charge in [-0.05, 0) is 44.0 Å². The van der Waals surface area contributed by atoms with Gasteiger partial charge in [-0.25, -0.2) is 23.7 Å². The molecule has 4 rings (SSSR count). The van der Waals surface area contributed by atoms with Crippen molar-refractivity contribution >= 4 is 28.4 Å². The maximum atomic E-state index is 13.7. The molecule has 2 atom stereocenters. The van der Waals surface area contributed by atoms with Gasteiger partial charge in [0.2, 0.25) is 5.91 Å². The van der Waals surface area contributed by atoms with E-state index in [1.54, 1.807) is 19.2 Å². The molecule has 1 amide bonds. The van der Waals surface area contributed by atoms with Gasteiger partial charge in [-0.15, -0.1) is 0 Å². The van der Waals surface area contributed by atoms with E-state index in [9.17, 15) is 13.6 Å². The Kier molecular flexibility index (Phi) is 5.67. The molecule has 0 aliphatic carbocycles. The van der Waals surface area contributed by atoms with Crippen LogP contribution in [0.5, 0.6) is 0 Å². The van der Waals surface area contributed by atoms with Crippen LogP contribution in [0.4, 0.5) is 20.4 Å². The second kappa shape index (κ2) is 8.41. The number of fused-ring (bicyclic) bond motifs is 1. The van der Waals surface area contributed by atoms with Gasteiger partial charge >= 0.3 is 0 Å². The van der Waals surface area contributed by atoms with Gasteiger partial charge in [0, 0.05) is 31.4 Å². The fourth-order valence-electron chi connectivity index (χ4n) is 3.86. The molecule has 3 heterocycles. The SMILES string of the molecule is CC(=O)N[C@@H]1CCN(c2cc3c(NC(C)c4ccc(F)c(F)c4)nc(C)nc3cn2)C1. The Labute approximate surface area is 178 Å². The summed E-state index contributed by atoms with van der Waals surface area (Å²) in [5.41, 5.74) is 1.30. The molecule has 2 N–H and O–H groups in total. The molecule has 1 unspecified atom stereocenters. The zero-order valence-electron chi connectivity index (χ0n) is 17.6. The highest BCUT2D eigenvalue weighted by atomic mass is 19.2. The van der Waals surface area contributed by atoms with E-state index in [4.69, 9.17) is 0 Å². The maximum Gasteiger partial charge on any atom is 0.217 e. The van der Waals surface area contributed by atoms with Gasteiger partial charge in [-0.3, -0.25) is 4.79 Å². The van der Waals surface area contributed by atoms with Crippen molar-refractivity contribution in [2.75, 3.05) is 23.3 Å². The Morgan fingerprint density at radius 3 is 2.77 bits per heavy atom. The van der Waals surface area contributed by atoms with Crippen LogP contribution in [0.2, 0.25) is 0 Å². The first-order chi connectivity index (χ1) is 14.8. The summed E-state index contributed by atoms with van der Waals surface area (Å²) in [6, 6.07) is 5.56. The molecule has 0 spiro atoms. The first-order valence-corrected chi connectivity index (χ1v) is 10.2. The van der Waals surface area contributed by atoms with Gasteiger partial charge < -0.3 is 15.5 Å². The monoisotopic (exact) mass is 426 g/mol. The number of rotatable bonds is 5. The predicted molar refractivity (Wildman–Crippen MR) is 115 cm³/mol. The Hall–Kier alpha value is -3.36. The Morgan fingerprint density at radius 2 is 2.03 bits per heavy atom. The van der Waals surface area contributed by atoms with E-state index in [2.05, 4.69) is 30.5 Å². The van der Waals surface area contributed by atoms with Crippen LogP contribution in [0.25, 0.3) is 10.9 Å². The lowest BCUT2D eigenvalue weighted by molar-refractivity contribution is -0.119. The first-order valence-electron chi connectivity index (χ1n) is 10.2. The summed E-state index contributed by atoms with van der Waals surface area (Å²) >= 11 is 0. The highest BCUT2D eigenvalue weighted by Gasteiger charge is 2.24. The number of nitrogens with one attached hydrogen (secondary N) is 2. The molecule has 1 aliphatic rings. The van der Waals surface area contributed by atoms with Crippen LogP contribution < -0.4 is 15.5 Å². The minimum atomic E-state index is -0.885. The summed E-state index contributed by atoms with van der Waals surface area (Å²) < 4.78 is 27.0. The lowest BCUT2D eigenvalue weighted by atomic mass is 10.1. The van der Waals surface area contributed by atoms with Crippen molar-refractivity contribution in [3.8, 4) is 0 Å². The van der Waals surface area contributed by atoms with Crippen molar-refractivity contribution in [2.45, 2.75) is 39.3 Å². The van der Waals surface area contributed by atoms with E-state index in [1.165, 1.54) is 13.0 Å². The smallest absolute Gasteiger partial charge is 0.217 e.